The third-order valence-electron chi connectivity index (χ3n) is 3.08. The fraction of sp³-hybridized carbons (Fsp3) is 1.00. The van der Waals surface area contributed by atoms with E-state index in [4.69, 9.17) is 0 Å². The van der Waals surface area contributed by atoms with Gasteiger partial charge in [-0.3, -0.25) is 0 Å². The van der Waals surface area contributed by atoms with Crippen molar-refractivity contribution in [2.45, 2.75) is 47.5 Å². The Hall–Kier alpha value is 0. The lowest BCUT2D eigenvalue weighted by Crippen LogP contribution is -2.14. The van der Waals surface area contributed by atoms with Crippen LogP contribution in [0.5, 0.6) is 0 Å². The van der Waals surface area contributed by atoms with Gasteiger partial charge in [-0.25, -0.2) is 0 Å². The molecule has 0 aromatic rings. The Balaban J connectivity index is 3.69. The Bertz CT molecular complexity index is 66.1. The summed E-state index contributed by atoms with van der Waals surface area (Å²) in [4.78, 5) is 0. The summed E-state index contributed by atoms with van der Waals surface area (Å²) in [5.41, 5.74) is 0. The van der Waals surface area contributed by atoms with Gasteiger partial charge in [-0.2, -0.15) is 0 Å². The van der Waals surface area contributed by atoms with Gasteiger partial charge < -0.3 is 0 Å². The minimum Gasteiger partial charge on any atom is -0.0651 e. The SMILES string of the molecule is CCC(C)C(C)[C@@H](C)CC. The van der Waals surface area contributed by atoms with Crippen LogP contribution in [-0.4, -0.2) is 0 Å². The highest BCUT2D eigenvalue weighted by atomic mass is 14.2. The van der Waals surface area contributed by atoms with Gasteiger partial charge >= 0.3 is 0 Å². The minimum atomic E-state index is 0.898. The molecular weight excluding hydrogens is 120 g/mol. The van der Waals surface area contributed by atoms with Crippen LogP contribution in [-0.2, 0) is 0 Å². The van der Waals surface area contributed by atoms with Crippen molar-refractivity contribution in [2.24, 2.45) is 17.8 Å². The molecule has 0 rings (SSSR count). The van der Waals surface area contributed by atoms with E-state index in [1.165, 1.54) is 12.8 Å². The van der Waals surface area contributed by atoms with Crippen LogP contribution in [0.4, 0.5) is 0 Å². The van der Waals surface area contributed by atoms with Crippen LogP contribution in [0.15, 0.2) is 0 Å². The lowest BCUT2D eigenvalue weighted by molar-refractivity contribution is 0.267. The third kappa shape index (κ3) is 2.72. The zero-order chi connectivity index (χ0) is 8.15. The van der Waals surface area contributed by atoms with Gasteiger partial charge in [0.05, 0.1) is 0 Å². The van der Waals surface area contributed by atoms with Crippen molar-refractivity contribution < 1.29 is 0 Å². The molecule has 0 spiro atoms. The number of hydrogen-bond acceptors (Lipinski definition) is 0. The van der Waals surface area contributed by atoms with Gasteiger partial charge in [-0.15, -0.1) is 0 Å². The molecule has 0 heterocycles. The molecule has 0 aliphatic rings. The van der Waals surface area contributed by atoms with Crippen molar-refractivity contribution >= 4 is 0 Å². The number of hydrogen-bond donors (Lipinski definition) is 0. The zero-order valence-corrected chi connectivity index (χ0v) is 8.15. The van der Waals surface area contributed by atoms with Gasteiger partial charge in [0.2, 0.25) is 0 Å². The second-order valence-corrected chi connectivity index (χ2v) is 3.63. The first-order valence-electron chi connectivity index (χ1n) is 4.63. The van der Waals surface area contributed by atoms with Crippen LogP contribution >= 0.6 is 0 Å². The lowest BCUT2D eigenvalue weighted by Gasteiger charge is -2.23. The summed E-state index contributed by atoms with van der Waals surface area (Å²) >= 11 is 0. The highest BCUT2D eigenvalue weighted by molar-refractivity contribution is 4.65. The maximum Gasteiger partial charge on any atom is -0.0391 e. The molecule has 0 aliphatic heterocycles. The Morgan fingerprint density at radius 3 is 1.30 bits per heavy atom. The van der Waals surface area contributed by atoms with Crippen molar-refractivity contribution in [3.8, 4) is 0 Å². The summed E-state index contributed by atoms with van der Waals surface area (Å²) in [6, 6.07) is 0. The maximum absolute atomic E-state index is 2.38. The largest absolute Gasteiger partial charge is 0.0651 e. The van der Waals surface area contributed by atoms with E-state index in [9.17, 15) is 0 Å². The molecule has 0 saturated carbocycles. The zero-order valence-electron chi connectivity index (χ0n) is 8.15. The molecule has 0 nitrogen and oxygen atoms in total. The van der Waals surface area contributed by atoms with E-state index in [1.807, 2.05) is 0 Å². The van der Waals surface area contributed by atoms with Crippen molar-refractivity contribution in [3.05, 3.63) is 0 Å². The molecule has 3 atom stereocenters. The smallest absolute Gasteiger partial charge is 0.0391 e. The van der Waals surface area contributed by atoms with Gasteiger partial charge in [0.15, 0.2) is 0 Å². The molecule has 0 bridgehead atoms. The molecule has 2 unspecified atom stereocenters. The summed E-state index contributed by atoms with van der Waals surface area (Å²) in [6.45, 7) is 11.7. The Morgan fingerprint density at radius 1 is 0.800 bits per heavy atom. The highest BCUT2D eigenvalue weighted by Gasteiger charge is 2.15. The van der Waals surface area contributed by atoms with Gasteiger partial charge in [-0.05, 0) is 17.8 Å². The molecule has 10 heavy (non-hydrogen) atoms. The van der Waals surface area contributed by atoms with Crippen LogP contribution in [0.1, 0.15) is 47.5 Å². The highest BCUT2D eigenvalue weighted by Crippen LogP contribution is 2.24. The second kappa shape index (κ2) is 4.76. The van der Waals surface area contributed by atoms with Crippen LogP contribution < -0.4 is 0 Å². The Labute approximate surface area is 66.0 Å². The fourth-order valence-electron chi connectivity index (χ4n) is 1.30. The average Bonchev–Trinajstić information content (AvgIpc) is 2.00. The summed E-state index contributed by atoms with van der Waals surface area (Å²) in [7, 11) is 0. The number of rotatable bonds is 4. The molecule has 0 saturated heterocycles. The monoisotopic (exact) mass is 142 g/mol. The van der Waals surface area contributed by atoms with Crippen molar-refractivity contribution in [1.29, 1.82) is 0 Å². The molecule has 0 N–H and O–H groups in total. The predicted molar refractivity (Wildman–Crippen MR) is 48.1 cm³/mol. The molecule has 62 valence electrons. The van der Waals surface area contributed by atoms with E-state index in [2.05, 4.69) is 34.6 Å². The van der Waals surface area contributed by atoms with E-state index < -0.39 is 0 Å². The third-order valence-corrected chi connectivity index (χ3v) is 3.08. The molecule has 0 amide bonds. The summed E-state index contributed by atoms with van der Waals surface area (Å²) < 4.78 is 0. The quantitative estimate of drug-likeness (QED) is 0.561. The van der Waals surface area contributed by atoms with E-state index in [0.717, 1.165) is 17.8 Å². The molecular formula is C10H22. The molecule has 0 aromatic heterocycles. The molecule has 0 heteroatoms. The van der Waals surface area contributed by atoms with Crippen molar-refractivity contribution in [3.63, 3.8) is 0 Å². The first-order chi connectivity index (χ1) is 4.63. The van der Waals surface area contributed by atoms with E-state index >= 15 is 0 Å². The Morgan fingerprint density at radius 2 is 1.10 bits per heavy atom. The maximum atomic E-state index is 2.38. The van der Waals surface area contributed by atoms with E-state index in [-0.39, 0.29) is 0 Å². The molecule has 0 radical (unpaired) electrons. The summed E-state index contributed by atoms with van der Waals surface area (Å²) in [5, 5.41) is 0. The van der Waals surface area contributed by atoms with Gasteiger partial charge in [-0.1, -0.05) is 47.5 Å². The average molecular weight is 142 g/mol. The predicted octanol–water partition coefficient (Wildman–Crippen LogP) is 3.71. The second-order valence-electron chi connectivity index (χ2n) is 3.63. The summed E-state index contributed by atoms with van der Waals surface area (Å²) in [6.07, 6.45) is 2.65. The summed E-state index contributed by atoms with van der Waals surface area (Å²) in [5.74, 6) is 2.69. The molecule has 0 aromatic carbocycles. The van der Waals surface area contributed by atoms with Gasteiger partial charge in [0, 0.05) is 0 Å². The normalized spacial score (nSPS) is 20.1. The van der Waals surface area contributed by atoms with Crippen molar-refractivity contribution in [2.75, 3.05) is 0 Å². The Kier molecular flexibility index (Phi) is 4.76. The fourth-order valence-corrected chi connectivity index (χ4v) is 1.30. The first kappa shape index (κ1) is 10.0. The first-order valence-corrected chi connectivity index (χ1v) is 4.63. The van der Waals surface area contributed by atoms with Crippen LogP contribution in [0.2, 0.25) is 0 Å². The van der Waals surface area contributed by atoms with Gasteiger partial charge in [0.25, 0.3) is 0 Å². The standard InChI is InChI=1S/C10H22/c1-6-8(3)10(5)9(4)7-2/h8-10H,6-7H2,1-5H3/t8-,9?,10?/m0/s1. The van der Waals surface area contributed by atoms with E-state index in [1.54, 1.807) is 0 Å². The lowest BCUT2D eigenvalue weighted by atomic mass is 9.82. The topological polar surface area (TPSA) is 0 Å². The van der Waals surface area contributed by atoms with Crippen LogP contribution in [0.25, 0.3) is 0 Å². The van der Waals surface area contributed by atoms with Crippen molar-refractivity contribution in [1.82, 2.24) is 0 Å². The van der Waals surface area contributed by atoms with Gasteiger partial charge in [0.1, 0.15) is 0 Å². The van der Waals surface area contributed by atoms with Crippen LogP contribution in [0, 0.1) is 17.8 Å². The molecule has 0 aliphatic carbocycles. The van der Waals surface area contributed by atoms with E-state index in [0.29, 0.717) is 0 Å². The molecule has 0 fully saturated rings. The van der Waals surface area contributed by atoms with Crippen LogP contribution in [0.3, 0.4) is 0 Å². The minimum absolute atomic E-state index is 0.898.